The van der Waals surface area contributed by atoms with E-state index in [-0.39, 0.29) is 30.6 Å². The summed E-state index contributed by atoms with van der Waals surface area (Å²) in [4.78, 5) is 24.3. The van der Waals surface area contributed by atoms with Gasteiger partial charge in [0, 0.05) is 29.5 Å². The molecule has 0 aliphatic carbocycles. The summed E-state index contributed by atoms with van der Waals surface area (Å²) in [5, 5.41) is 3.85. The van der Waals surface area contributed by atoms with Gasteiger partial charge < -0.3 is 5.32 Å². The van der Waals surface area contributed by atoms with Crippen molar-refractivity contribution in [3.8, 4) is 0 Å². The fourth-order valence-electron chi connectivity index (χ4n) is 2.36. The SMILES string of the molecule is CC(C)C[C@H](NC(=O)CCC(=O)c1cc(Cl)ccc1Cl)C(C)C. The maximum atomic E-state index is 12.2. The van der Waals surface area contributed by atoms with Crippen LogP contribution in [0.1, 0.15) is 57.3 Å². The van der Waals surface area contributed by atoms with Gasteiger partial charge in [0.15, 0.2) is 5.78 Å². The Labute approximate surface area is 148 Å². The van der Waals surface area contributed by atoms with Crippen molar-refractivity contribution in [3.63, 3.8) is 0 Å². The predicted octanol–water partition coefficient (Wildman–Crippen LogP) is 5.14. The molecule has 1 atom stereocenters. The highest BCUT2D eigenvalue weighted by atomic mass is 35.5. The van der Waals surface area contributed by atoms with Gasteiger partial charge in [-0.25, -0.2) is 0 Å². The smallest absolute Gasteiger partial charge is 0.220 e. The van der Waals surface area contributed by atoms with Crippen molar-refractivity contribution in [1.29, 1.82) is 0 Å². The van der Waals surface area contributed by atoms with E-state index in [1.807, 2.05) is 0 Å². The van der Waals surface area contributed by atoms with E-state index in [0.29, 0.717) is 27.4 Å². The lowest BCUT2D eigenvalue weighted by atomic mass is 9.94. The quantitative estimate of drug-likeness (QED) is 0.654. The van der Waals surface area contributed by atoms with Gasteiger partial charge >= 0.3 is 0 Å². The molecule has 0 saturated carbocycles. The second-order valence-corrected chi connectivity index (χ2v) is 7.44. The van der Waals surface area contributed by atoms with Crippen molar-refractivity contribution in [1.82, 2.24) is 5.32 Å². The summed E-state index contributed by atoms with van der Waals surface area (Å²) in [5.74, 6) is 0.600. The van der Waals surface area contributed by atoms with E-state index in [2.05, 4.69) is 33.0 Å². The largest absolute Gasteiger partial charge is 0.353 e. The third-order valence-corrected chi connectivity index (χ3v) is 4.25. The minimum absolute atomic E-state index is 0.101. The molecule has 128 valence electrons. The molecule has 5 heteroatoms. The lowest BCUT2D eigenvalue weighted by Gasteiger charge is -2.24. The molecule has 1 N–H and O–H groups in total. The molecular formula is C18H25Cl2NO2. The van der Waals surface area contributed by atoms with Gasteiger partial charge in [0.1, 0.15) is 0 Å². The zero-order valence-corrected chi connectivity index (χ0v) is 15.7. The van der Waals surface area contributed by atoms with Crippen LogP contribution in [0.25, 0.3) is 0 Å². The summed E-state index contributed by atoms with van der Waals surface area (Å²) in [5.41, 5.74) is 0.370. The van der Waals surface area contributed by atoms with Crippen LogP contribution in [0.4, 0.5) is 0 Å². The molecular weight excluding hydrogens is 333 g/mol. The lowest BCUT2D eigenvalue weighted by molar-refractivity contribution is -0.122. The summed E-state index contributed by atoms with van der Waals surface area (Å²) >= 11 is 11.9. The zero-order valence-electron chi connectivity index (χ0n) is 14.2. The van der Waals surface area contributed by atoms with Crippen LogP contribution in [-0.2, 0) is 4.79 Å². The van der Waals surface area contributed by atoms with Gasteiger partial charge in [-0.1, -0.05) is 50.9 Å². The number of benzene rings is 1. The molecule has 3 nitrogen and oxygen atoms in total. The molecule has 0 spiro atoms. The molecule has 23 heavy (non-hydrogen) atoms. The number of hydrogen-bond acceptors (Lipinski definition) is 2. The fourth-order valence-corrected chi connectivity index (χ4v) is 2.75. The zero-order chi connectivity index (χ0) is 17.6. The van der Waals surface area contributed by atoms with Crippen LogP contribution in [0.15, 0.2) is 18.2 Å². The topological polar surface area (TPSA) is 46.2 Å². The van der Waals surface area contributed by atoms with Crippen LogP contribution in [-0.4, -0.2) is 17.7 Å². The number of hydrogen-bond donors (Lipinski definition) is 1. The molecule has 0 fully saturated rings. The van der Waals surface area contributed by atoms with E-state index in [1.54, 1.807) is 18.2 Å². The average molecular weight is 358 g/mol. The monoisotopic (exact) mass is 357 g/mol. The Morgan fingerprint density at radius 3 is 2.30 bits per heavy atom. The van der Waals surface area contributed by atoms with Crippen molar-refractivity contribution in [2.24, 2.45) is 11.8 Å². The molecule has 1 aromatic rings. The van der Waals surface area contributed by atoms with Crippen molar-refractivity contribution < 1.29 is 9.59 Å². The Hall–Kier alpha value is -1.06. The van der Waals surface area contributed by atoms with Crippen LogP contribution in [0.2, 0.25) is 10.0 Å². The van der Waals surface area contributed by atoms with E-state index >= 15 is 0 Å². The summed E-state index contributed by atoms with van der Waals surface area (Å²) in [6.07, 6.45) is 1.21. The Morgan fingerprint density at radius 1 is 1.09 bits per heavy atom. The van der Waals surface area contributed by atoms with E-state index in [9.17, 15) is 9.59 Å². The number of Topliss-reactive ketones (excluding diaryl/α,β-unsaturated/α-hetero) is 1. The molecule has 0 aromatic heterocycles. The van der Waals surface area contributed by atoms with E-state index < -0.39 is 0 Å². The maximum Gasteiger partial charge on any atom is 0.220 e. The molecule has 0 unspecified atom stereocenters. The number of amides is 1. The van der Waals surface area contributed by atoms with Crippen molar-refractivity contribution in [3.05, 3.63) is 33.8 Å². The molecule has 1 rings (SSSR count). The highest BCUT2D eigenvalue weighted by Crippen LogP contribution is 2.22. The normalized spacial score (nSPS) is 12.5. The van der Waals surface area contributed by atoms with Crippen LogP contribution in [0.3, 0.4) is 0 Å². The molecule has 1 aromatic carbocycles. The summed E-state index contributed by atoms with van der Waals surface area (Å²) in [7, 11) is 0. The lowest BCUT2D eigenvalue weighted by Crippen LogP contribution is -2.39. The molecule has 0 saturated heterocycles. The predicted molar refractivity (Wildman–Crippen MR) is 96.3 cm³/mol. The summed E-state index contributed by atoms with van der Waals surface area (Å²) < 4.78 is 0. The van der Waals surface area contributed by atoms with E-state index in [1.165, 1.54) is 0 Å². The van der Waals surface area contributed by atoms with Gasteiger partial charge in [-0.2, -0.15) is 0 Å². The van der Waals surface area contributed by atoms with E-state index in [4.69, 9.17) is 23.2 Å². The number of halogens is 2. The van der Waals surface area contributed by atoms with Crippen molar-refractivity contribution >= 4 is 34.9 Å². The minimum Gasteiger partial charge on any atom is -0.353 e. The molecule has 0 heterocycles. The number of carbonyl (C=O) groups excluding carboxylic acids is 2. The van der Waals surface area contributed by atoms with Crippen molar-refractivity contribution in [2.45, 2.75) is 53.0 Å². The fraction of sp³-hybridized carbons (Fsp3) is 0.556. The number of nitrogens with one attached hydrogen (secondary N) is 1. The minimum atomic E-state index is -0.169. The van der Waals surface area contributed by atoms with Gasteiger partial charge in [0.05, 0.1) is 5.02 Å². The van der Waals surface area contributed by atoms with Crippen LogP contribution < -0.4 is 5.32 Å². The molecule has 1 amide bonds. The Morgan fingerprint density at radius 2 is 1.74 bits per heavy atom. The van der Waals surface area contributed by atoms with Crippen LogP contribution in [0, 0.1) is 11.8 Å². The third kappa shape index (κ3) is 6.92. The first kappa shape index (κ1) is 20.0. The van der Waals surface area contributed by atoms with Gasteiger partial charge in [-0.15, -0.1) is 0 Å². The molecule has 0 radical (unpaired) electrons. The first-order valence-electron chi connectivity index (χ1n) is 7.98. The van der Waals surface area contributed by atoms with Gasteiger partial charge in [0.25, 0.3) is 0 Å². The third-order valence-electron chi connectivity index (χ3n) is 3.68. The first-order valence-corrected chi connectivity index (χ1v) is 8.74. The number of carbonyl (C=O) groups is 2. The Bertz CT molecular complexity index is 556. The van der Waals surface area contributed by atoms with E-state index in [0.717, 1.165) is 6.42 Å². The Kier molecular flexibility index (Phi) is 8.07. The molecule has 0 aliphatic rings. The van der Waals surface area contributed by atoms with Gasteiger partial charge in [0.2, 0.25) is 5.91 Å². The van der Waals surface area contributed by atoms with Crippen molar-refractivity contribution in [2.75, 3.05) is 0 Å². The number of rotatable bonds is 8. The van der Waals surface area contributed by atoms with Crippen LogP contribution >= 0.6 is 23.2 Å². The summed E-state index contributed by atoms with van der Waals surface area (Å²) in [6.45, 7) is 8.44. The summed E-state index contributed by atoms with van der Waals surface area (Å²) in [6, 6.07) is 4.90. The standard InChI is InChI=1S/C18H25Cl2NO2/c1-11(2)9-16(12(3)4)21-18(23)8-7-17(22)14-10-13(19)5-6-15(14)20/h5-6,10-12,16H,7-9H2,1-4H3,(H,21,23)/t16-/m0/s1. The van der Waals surface area contributed by atoms with Crippen LogP contribution in [0.5, 0.6) is 0 Å². The van der Waals surface area contributed by atoms with Gasteiger partial charge in [-0.05, 0) is 36.5 Å². The number of ketones is 1. The highest BCUT2D eigenvalue weighted by molar-refractivity contribution is 6.35. The highest BCUT2D eigenvalue weighted by Gasteiger charge is 2.19. The first-order chi connectivity index (χ1) is 10.7. The van der Waals surface area contributed by atoms with Gasteiger partial charge in [-0.3, -0.25) is 9.59 Å². The molecule has 0 aliphatic heterocycles. The second-order valence-electron chi connectivity index (χ2n) is 6.59. The maximum absolute atomic E-state index is 12.2. The Balaban J connectivity index is 2.58. The second kappa shape index (κ2) is 9.29. The molecule has 0 bridgehead atoms. The average Bonchev–Trinajstić information content (AvgIpc) is 2.46.